The average molecular weight is 458 g/mol. The molecule has 0 saturated heterocycles. The molecule has 4 rings (SSSR count). The van der Waals surface area contributed by atoms with Gasteiger partial charge in [0.1, 0.15) is 18.2 Å². The number of carbonyl (C=O) groups is 1. The van der Waals surface area contributed by atoms with E-state index in [1.165, 1.54) is 11.6 Å². The van der Waals surface area contributed by atoms with Crippen LogP contribution in [-0.4, -0.2) is 15.7 Å². The first-order valence-corrected chi connectivity index (χ1v) is 11.2. The van der Waals surface area contributed by atoms with Gasteiger partial charge in [0, 0.05) is 17.3 Å². The van der Waals surface area contributed by atoms with Crippen LogP contribution >= 0.6 is 0 Å². The van der Waals surface area contributed by atoms with E-state index in [9.17, 15) is 9.18 Å². The Bertz CT molecular complexity index is 1270. The summed E-state index contributed by atoms with van der Waals surface area (Å²) < 4.78 is 21.4. The van der Waals surface area contributed by atoms with Crippen LogP contribution in [0.3, 0.4) is 0 Å². The molecule has 34 heavy (non-hydrogen) atoms. The number of hydrogen-bond donors (Lipinski definition) is 1. The molecule has 174 valence electrons. The summed E-state index contributed by atoms with van der Waals surface area (Å²) in [6, 6.07) is 22.0. The number of anilines is 1. The largest absolute Gasteiger partial charge is 0.489 e. The van der Waals surface area contributed by atoms with Crippen molar-refractivity contribution in [2.75, 3.05) is 5.32 Å². The molecule has 6 heteroatoms. The van der Waals surface area contributed by atoms with E-state index in [4.69, 9.17) is 4.74 Å². The summed E-state index contributed by atoms with van der Waals surface area (Å²) >= 11 is 0. The maximum absolute atomic E-state index is 13.9. The van der Waals surface area contributed by atoms with Crippen LogP contribution < -0.4 is 10.1 Å². The molecule has 0 saturated carbocycles. The molecule has 0 aliphatic heterocycles. The maximum atomic E-state index is 13.9. The van der Waals surface area contributed by atoms with Crippen molar-refractivity contribution >= 4 is 11.6 Å². The third-order valence-electron chi connectivity index (χ3n) is 5.50. The summed E-state index contributed by atoms with van der Waals surface area (Å²) in [5.41, 5.74) is 3.82. The molecule has 4 aromatic rings. The van der Waals surface area contributed by atoms with Gasteiger partial charge in [0.2, 0.25) is 0 Å². The second kappa shape index (κ2) is 9.91. The molecule has 0 fully saturated rings. The topological polar surface area (TPSA) is 56.1 Å². The van der Waals surface area contributed by atoms with E-state index in [0.717, 1.165) is 11.3 Å². The van der Waals surface area contributed by atoms with Crippen molar-refractivity contribution < 1.29 is 13.9 Å². The second-order valence-corrected chi connectivity index (χ2v) is 9.24. The Morgan fingerprint density at radius 1 is 1.03 bits per heavy atom. The van der Waals surface area contributed by atoms with Crippen LogP contribution in [0, 0.1) is 5.82 Å². The number of halogens is 1. The summed E-state index contributed by atoms with van der Waals surface area (Å²) in [6.07, 6.45) is 3.23. The smallest absolute Gasteiger partial charge is 0.255 e. The van der Waals surface area contributed by atoms with E-state index < -0.39 is 0 Å². The van der Waals surface area contributed by atoms with E-state index >= 15 is 0 Å². The molecular weight excluding hydrogens is 429 g/mol. The molecule has 1 heterocycles. The molecule has 1 N–H and O–H groups in total. The molecule has 1 aromatic heterocycles. The van der Waals surface area contributed by atoms with Gasteiger partial charge in [-0.25, -0.2) is 4.39 Å². The molecule has 0 atom stereocenters. The molecule has 0 spiro atoms. The Hall–Kier alpha value is -3.93. The van der Waals surface area contributed by atoms with Crippen LogP contribution in [0.5, 0.6) is 5.75 Å². The minimum absolute atomic E-state index is 0.0917. The molecule has 0 radical (unpaired) electrons. The monoisotopic (exact) mass is 457 g/mol. The summed E-state index contributed by atoms with van der Waals surface area (Å²) in [5.74, 6) is 0.250. The zero-order chi connectivity index (χ0) is 24.1. The minimum Gasteiger partial charge on any atom is -0.489 e. The number of carbonyl (C=O) groups excluding carboxylic acids is 1. The van der Waals surface area contributed by atoms with Gasteiger partial charge in [-0.1, -0.05) is 63.2 Å². The lowest BCUT2D eigenvalue weighted by molar-refractivity contribution is 0.102. The SMILES string of the molecule is CC(C)(C)c1ccc(OCc2cccc(C(=O)Nc3cnn(Cc4ccccc4F)c3)c2)cc1. The molecule has 0 aliphatic carbocycles. The Kier molecular flexibility index (Phi) is 6.77. The zero-order valence-corrected chi connectivity index (χ0v) is 19.6. The average Bonchev–Trinajstić information content (AvgIpc) is 3.26. The van der Waals surface area contributed by atoms with E-state index in [1.54, 1.807) is 41.3 Å². The predicted octanol–water partition coefficient (Wildman–Crippen LogP) is 6.20. The fraction of sp³-hybridized carbons (Fsp3) is 0.214. The minimum atomic E-state index is -0.284. The summed E-state index contributed by atoms with van der Waals surface area (Å²) in [6.45, 7) is 7.16. The predicted molar refractivity (Wildman–Crippen MR) is 132 cm³/mol. The number of amides is 1. The number of nitrogens with zero attached hydrogens (tertiary/aromatic N) is 2. The zero-order valence-electron chi connectivity index (χ0n) is 19.6. The van der Waals surface area contributed by atoms with Gasteiger partial charge in [0.15, 0.2) is 0 Å². The Labute approximate surface area is 199 Å². The summed E-state index contributed by atoms with van der Waals surface area (Å²) in [5, 5.41) is 7.06. The van der Waals surface area contributed by atoms with Crippen molar-refractivity contribution in [3.05, 3.63) is 113 Å². The van der Waals surface area contributed by atoms with Crippen molar-refractivity contribution in [1.82, 2.24) is 9.78 Å². The van der Waals surface area contributed by atoms with Gasteiger partial charge in [-0.3, -0.25) is 9.48 Å². The van der Waals surface area contributed by atoms with Crippen LogP contribution in [0.4, 0.5) is 10.1 Å². The third-order valence-corrected chi connectivity index (χ3v) is 5.50. The quantitative estimate of drug-likeness (QED) is 0.360. The highest BCUT2D eigenvalue weighted by atomic mass is 19.1. The number of rotatable bonds is 7. The standard InChI is InChI=1S/C28H28FN3O2/c1-28(2,3)23-11-13-25(14-12-23)34-19-20-7-6-9-21(15-20)27(33)31-24-16-30-32(18-24)17-22-8-4-5-10-26(22)29/h4-16,18H,17,19H2,1-3H3,(H,31,33). The Balaban J connectivity index is 1.36. The third kappa shape index (κ3) is 5.90. The van der Waals surface area contributed by atoms with Crippen molar-refractivity contribution in [1.29, 1.82) is 0 Å². The first-order valence-electron chi connectivity index (χ1n) is 11.2. The fourth-order valence-corrected chi connectivity index (χ4v) is 3.54. The molecule has 3 aromatic carbocycles. The van der Waals surface area contributed by atoms with Gasteiger partial charge >= 0.3 is 0 Å². The van der Waals surface area contributed by atoms with Crippen LogP contribution in [0.25, 0.3) is 0 Å². The van der Waals surface area contributed by atoms with E-state index in [2.05, 4.69) is 43.3 Å². The van der Waals surface area contributed by atoms with Crippen LogP contribution in [0.1, 0.15) is 47.8 Å². The van der Waals surface area contributed by atoms with Crippen molar-refractivity contribution in [3.8, 4) is 5.75 Å². The first-order chi connectivity index (χ1) is 16.3. The highest BCUT2D eigenvalue weighted by Gasteiger charge is 2.13. The number of hydrogen-bond acceptors (Lipinski definition) is 3. The lowest BCUT2D eigenvalue weighted by Gasteiger charge is -2.19. The first kappa shape index (κ1) is 23.2. The Morgan fingerprint density at radius 2 is 1.79 bits per heavy atom. The van der Waals surface area contributed by atoms with Gasteiger partial charge in [-0.05, 0) is 46.9 Å². The number of ether oxygens (including phenoxy) is 1. The number of benzene rings is 3. The molecule has 0 bridgehead atoms. The number of nitrogens with one attached hydrogen (secondary N) is 1. The summed E-state index contributed by atoms with van der Waals surface area (Å²) in [7, 11) is 0. The fourth-order valence-electron chi connectivity index (χ4n) is 3.54. The van der Waals surface area contributed by atoms with E-state index in [-0.39, 0.29) is 23.7 Å². The molecule has 5 nitrogen and oxygen atoms in total. The maximum Gasteiger partial charge on any atom is 0.255 e. The highest BCUT2D eigenvalue weighted by molar-refractivity contribution is 6.04. The molecule has 0 aliphatic rings. The van der Waals surface area contributed by atoms with Gasteiger partial charge < -0.3 is 10.1 Å². The van der Waals surface area contributed by atoms with Crippen molar-refractivity contribution in [3.63, 3.8) is 0 Å². The van der Waals surface area contributed by atoms with Crippen LogP contribution in [0.15, 0.2) is 85.2 Å². The highest BCUT2D eigenvalue weighted by Crippen LogP contribution is 2.24. The normalized spacial score (nSPS) is 11.3. The van der Waals surface area contributed by atoms with Crippen molar-refractivity contribution in [2.24, 2.45) is 0 Å². The summed E-state index contributed by atoms with van der Waals surface area (Å²) in [4.78, 5) is 12.7. The van der Waals surface area contributed by atoms with Gasteiger partial charge in [-0.2, -0.15) is 5.10 Å². The number of aromatic nitrogens is 2. The lowest BCUT2D eigenvalue weighted by Crippen LogP contribution is -2.12. The molecular formula is C28H28FN3O2. The molecule has 0 unspecified atom stereocenters. The van der Waals surface area contributed by atoms with Crippen molar-refractivity contribution in [2.45, 2.75) is 39.3 Å². The molecule has 1 amide bonds. The second-order valence-electron chi connectivity index (χ2n) is 9.24. The van der Waals surface area contributed by atoms with Crippen LogP contribution in [0.2, 0.25) is 0 Å². The van der Waals surface area contributed by atoms with Gasteiger partial charge in [0.05, 0.1) is 18.4 Å². The van der Waals surface area contributed by atoms with E-state index in [0.29, 0.717) is 23.4 Å². The lowest BCUT2D eigenvalue weighted by atomic mass is 9.87. The van der Waals surface area contributed by atoms with Gasteiger partial charge in [-0.15, -0.1) is 0 Å². The Morgan fingerprint density at radius 3 is 2.53 bits per heavy atom. The van der Waals surface area contributed by atoms with Gasteiger partial charge in [0.25, 0.3) is 5.91 Å². The van der Waals surface area contributed by atoms with Crippen LogP contribution in [-0.2, 0) is 18.6 Å². The van der Waals surface area contributed by atoms with E-state index in [1.807, 2.05) is 30.3 Å².